The van der Waals surface area contributed by atoms with Crippen molar-refractivity contribution in [3.8, 4) is 0 Å². The predicted octanol–water partition coefficient (Wildman–Crippen LogP) is 3.82. The molecule has 2 aromatic rings. The third-order valence-corrected chi connectivity index (χ3v) is 7.71. The zero-order chi connectivity index (χ0) is 20.1. The Kier molecular flexibility index (Phi) is 6.91. The molecule has 0 aliphatic carbocycles. The Balaban J connectivity index is 1.63. The third-order valence-electron chi connectivity index (χ3n) is 5.02. The smallest absolute Gasteiger partial charge is 0.243 e. The molecule has 28 heavy (non-hydrogen) atoms. The number of piperidine rings is 1. The maximum absolute atomic E-state index is 12.7. The van der Waals surface area contributed by atoms with Crippen molar-refractivity contribution >= 4 is 31.9 Å². The number of rotatable bonds is 6. The number of carbonyl (C=O) groups excluding carboxylic acids is 1. The number of carbonyl (C=O) groups is 1. The number of likely N-dealkylation sites (N-methyl/N-ethyl adjacent to an activating group) is 1. The van der Waals surface area contributed by atoms with E-state index < -0.39 is 10.0 Å². The zero-order valence-electron chi connectivity index (χ0n) is 16.0. The van der Waals surface area contributed by atoms with Gasteiger partial charge in [0.25, 0.3) is 0 Å². The van der Waals surface area contributed by atoms with Gasteiger partial charge in [-0.3, -0.25) is 4.79 Å². The average molecular weight is 465 g/mol. The van der Waals surface area contributed by atoms with Crippen LogP contribution in [-0.2, 0) is 27.8 Å². The van der Waals surface area contributed by atoms with E-state index in [1.807, 2.05) is 24.3 Å². The van der Waals surface area contributed by atoms with E-state index in [1.165, 1.54) is 0 Å². The first-order valence-electron chi connectivity index (χ1n) is 9.44. The second-order valence-corrected chi connectivity index (χ2v) is 9.92. The van der Waals surface area contributed by atoms with Crippen LogP contribution in [0.2, 0.25) is 0 Å². The van der Waals surface area contributed by atoms with Gasteiger partial charge >= 0.3 is 0 Å². The van der Waals surface area contributed by atoms with E-state index in [-0.39, 0.29) is 12.3 Å². The lowest BCUT2D eigenvalue weighted by Gasteiger charge is -2.25. The first-order chi connectivity index (χ1) is 13.4. The highest BCUT2D eigenvalue weighted by atomic mass is 79.9. The Labute approximate surface area is 175 Å². The second kappa shape index (κ2) is 9.20. The van der Waals surface area contributed by atoms with E-state index in [0.717, 1.165) is 34.9 Å². The van der Waals surface area contributed by atoms with Crippen LogP contribution >= 0.6 is 15.9 Å². The molecule has 2 aromatic carbocycles. The summed E-state index contributed by atoms with van der Waals surface area (Å²) in [5.74, 6) is -0.0117. The van der Waals surface area contributed by atoms with Gasteiger partial charge < -0.3 is 4.90 Å². The summed E-state index contributed by atoms with van der Waals surface area (Å²) in [5, 5.41) is 0. The first kappa shape index (κ1) is 21.0. The molecule has 1 aliphatic rings. The van der Waals surface area contributed by atoms with Gasteiger partial charge in [-0.1, -0.05) is 52.7 Å². The largest absolute Gasteiger partial charge is 0.341 e. The minimum absolute atomic E-state index is 0.0117. The van der Waals surface area contributed by atoms with Crippen molar-refractivity contribution in [3.05, 3.63) is 64.1 Å². The van der Waals surface area contributed by atoms with Crippen LogP contribution in [0.4, 0.5) is 0 Å². The summed E-state index contributed by atoms with van der Waals surface area (Å²) >= 11 is 3.50. The van der Waals surface area contributed by atoms with E-state index in [9.17, 15) is 13.2 Å². The molecule has 0 saturated carbocycles. The summed E-state index contributed by atoms with van der Waals surface area (Å²) in [7, 11) is -1.66. The maximum Gasteiger partial charge on any atom is 0.243 e. The Morgan fingerprint density at radius 2 is 1.68 bits per heavy atom. The topological polar surface area (TPSA) is 57.7 Å². The summed E-state index contributed by atoms with van der Waals surface area (Å²) < 4.78 is 28.0. The molecule has 1 amide bonds. The van der Waals surface area contributed by atoms with E-state index in [0.29, 0.717) is 24.5 Å². The van der Waals surface area contributed by atoms with Crippen molar-refractivity contribution in [1.29, 1.82) is 0 Å². The molecule has 0 bridgehead atoms. The van der Waals surface area contributed by atoms with Crippen molar-refractivity contribution in [1.82, 2.24) is 9.21 Å². The van der Waals surface area contributed by atoms with Gasteiger partial charge in [0.15, 0.2) is 0 Å². The SMILES string of the molecule is CN(Cc1ccccc1Br)C(=O)Cc1ccc(S(=O)(=O)N2CCCCC2)cc1. The van der Waals surface area contributed by atoms with Gasteiger partial charge in [0.05, 0.1) is 11.3 Å². The van der Waals surface area contributed by atoms with Gasteiger partial charge in [-0.15, -0.1) is 0 Å². The molecule has 1 saturated heterocycles. The van der Waals surface area contributed by atoms with Crippen LogP contribution in [0, 0.1) is 0 Å². The highest BCUT2D eigenvalue weighted by Crippen LogP contribution is 2.21. The maximum atomic E-state index is 12.7. The van der Waals surface area contributed by atoms with Gasteiger partial charge in [-0.25, -0.2) is 8.42 Å². The number of benzene rings is 2. The lowest BCUT2D eigenvalue weighted by Crippen LogP contribution is -2.35. The van der Waals surface area contributed by atoms with Gasteiger partial charge in [-0.2, -0.15) is 4.31 Å². The van der Waals surface area contributed by atoms with Crippen LogP contribution < -0.4 is 0 Å². The quantitative estimate of drug-likeness (QED) is 0.652. The Morgan fingerprint density at radius 3 is 2.32 bits per heavy atom. The molecular weight excluding hydrogens is 440 g/mol. The molecule has 0 unspecified atom stereocenters. The normalized spacial score (nSPS) is 15.4. The zero-order valence-corrected chi connectivity index (χ0v) is 18.4. The average Bonchev–Trinajstić information content (AvgIpc) is 2.70. The van der Waals surface area contributed by atoms with Crippen LogP contribution in [0.1, 0.15) is 30.4 Å². The molecule has 150 valence electrons. The summed E-state index contributed by atoms with van der Waals surface area (Å²) in [5.41, 5.74) is 1.85. The van der Waals surface area contributed by atoms with Gasteiger partial charge in [0.2, 0.25) is 15.9 Å². The van der Waals surface area contributed by atoms with Crippen molar-refractivity contribution in [2.45, 2.75) is 37.1 Å². The Morgan fingerprint density at radius 1 is 1.04 bits per heavy atom. The molecule has 1 fully saturated rings. The van der Waals surface area contributed by atoms with Gasteiger partial charge in [-0.05, 0) is 42.2 Å². The van der Waals surface area contributed by atoms with Gasteiger partial charge in [0, 0.05) is 31.2 Å². The number of hydrogen-bond acceptors (Lipinski definition) is 3. The summed E-state index contributed by atoms with van der Waals surface area (Å²) in [6.07, 6.45) is 3.15. The molecule has 3 rings (SSSR count). The molecule has 7 heteroatoms. The van der Waals surface area contributed by atoms with Crippen LogP contribution in [0.5, 0.6) is 0 Å². The minimum atomic E-state index is -3.44. The van der Waals surface area contributed by atoms with Crippen LogP contribution in [0.25, 0.3) is 0 Å². The molecule has 0 N–H and O–H groups in total. The monoisotopic (exact) mass is 464 g/mol. The standard InChI is InChI=1S/C21H25BrN2O3S/c1-23(16-18-7-3-4-8-20(18)22)21(25)15-17-9-11-19(12-10-17)28(26,27)24-13-5-2-6-14-24/h3-4,7-12H,2,5-6,13-16H2,1H3. The van der Waals surface area contributed by atoms with E-state index in [1.54, 1.807) is 40.5 Å². The lowest BCUT2D eigenvalue weighted by atomic mass is 10.1. The molecule has 0 aromatic heterocycles. The molecule has 0 atom stereocenters. The first-order valence-corrected chi connectivity index (χ1v) is 11.7. The molecule has 0 radical (unpaired) electrons. The van der Waals surface area contributed by atoms with Crippen molar-refractivity contribution in [3.63, 3.8) is 0 Å². The fourth-order valence-corrected chi connectivity index (χ4v) is 5.24. The number of halogens is 1. The number of nitrogens with zero attached hydrogens (tertiary/aromatic N) is 2. The molecule has 1 heterocycles. The molecular formula is C21H25BrN2O3S. The second-order valence-electron chi connectivity index (χ2n) is 7.13. The number of hydrogen-bond donors (Lipinski definition) is 0. The Hall–Kier alpha value is -1.70. The van der Waals surface area contributed by atoms with Crippen molar-refractivity contribution in [2.24, 2.45) is 0 Å². The fourth-order valence-electron chi connectivity index (χ4n) is 3.31. The third kappa shape index (κ3) is 5.01. The van der Waals surface area contributed by atoms with Crippen molar-refractivity contribution < 1.29 is 13.2 Å². The van der Waals surface area contributed by atoms with Crippen LogP contribution in [-0.4, -0.2) is 43.7 Å². The lowest BCUT2D eigenvalue weighted by molar-refractivity contribution is -0.129. The summed E-state index contributed by atoms with van der Waals surface area (Å²) in [6, 6.07) is 14.5. The predicted molar refractivity (Wildman–Crippen MR) is 113 cm³/mol. The van der Waals surface area contributed by atoms with E-state index in [2.05, 4.69) is 15.9 Å². The van der Waals surface area contributed by atoms with E-state index in [4.69, 9.17) is 0 Å². The van der Waals surface area contributed by atoms with Crippen LogP contribution in [0.3, 0.4) is 0 Å². The molecule has 1 aliphatic heterocycles. The highest BCUT2D eigenvalue weighted by molar-refractivity contribution is 9.10. The fraction of sp³-hybridized carbons (Fsp3) is 0.381. The van der Waals surface area contributed by atoms with Crippen molar-refractivity contribution in [2.75, 3.05) is 20.1 Å². The molecule has 5 nitrogen and oxygen atoms in total. The van der Waals surface area contributed by atoms with Crippen LogP contribution in [0.15, 0.2) is 57.9 Å². The minimum Gasteiger partial charge on any atom is -0.341 e. The molecule has 0 spiro atoms. The highest BCUT2D eigenvalue weighted by Gasteiger charge is 2.25. The number of sulfonamides is 1. The Bertz CT molecular complexity index is 923. The summed E-state index contributed by atoms with van der Waals surface area (Å²) in [6.45, 7) is 1.69. The number of amides is 1. The van der Waals surface area contributed by atoms with E-state index >= 15 is 0 Å². The summed E-state index contributed by atoms with van der Waals surface area (Å²) in [4.78, 5) is 14.5. The van der Waals surface area contributed by atoms with Gasteiger partial charge in [0.1, 0.15) is 0 Å².